The van der Waals surface area contributed by atoms with Crippen LogP contribution in [0, 0.1) is 0 Å². The van der Waals surface area contributed by atoms with Crippen molar-refractivity contribution < 1.29 is 52.5 Å². The minimum absolute atomic E-state index is 0.0570. The Balaban J connectivity index is 0.000000378. The van der Waals surface area contributed by atoms with E-state index in [0.717, 1.165) is 10.5 Å². The summed E-state index contributed by atoms with van der Waals surface area (Å²) in [4.78, 5) is 72.8. The summed E-state index contributed by atoms with van der Waals surface area (Å²) in [5.41, 5.74) is 0.804. The lowest BCUT2D eigenvalue weighted by Crippen LogP contribution is -2.52. The van der Waals surface area contributed by atoms with E-state index in [1.54, 1.807) is 39.8 Å². The fourth-order valence-electron chi connectivity index (χ4n) is 4.71. The second kappa shape index (κ2) is 19.2. The average Bonchev–Trinajstić information content (AvgIpc) is 3.69. The van der Waals surface area contributed by atoms with Gasteiger partial charge >= 0.3 is 30.0 Å². The number of esters is 4. The van der Waals surface area contributed by atoms with Gasteiger partial charge in [-0.05, 0) is 58.9 Å². The standard InChI is InChI=1S/C20H26N2O7.C10H17NO4/c1-3-27-18(24)15-10-11-16(19(25)28-4-2)22(15)17(23)12-21-20(26)29-13-14-8-6-5-7-9-14;1-3-14-9(12)7-5-6-8(11-7)10(13)15-4-2/h5-9,15-16H,3-4,10-13H2,1-2H3,(H,21,26);7-8,11H,3-6H2,1-2H3. The van der Waals surface area contributed by atoms with Crippen LogP contribution in [0.5, 0.6) is 0 Å². The number of benzene rings is 1. The second-order valence-electron chi connectivity index (χ2n) is 9.68. The molecule has 2 N–H and O–H groups in total. The zero-order valence-corrected chi connectivity index (χ0v) is 25.7. The van der Waals surface area contributed by atoms with Crippen LogP contribution in [-0.2, 0) is 54.3 Å². The van der Waals surface area contributed by atoms with Gasteiger partial charge < -0.3 is 33.9 Å². The van der Waals surface area contributed by atoms with Crippen LogP contribution in [0.15, 0.2) is 30.3 Å². The number of nitrogens with one attached hydrogen (secondary N) is 2. The molecule has 244 valence electrons. The number of carbonyl (C=O) groups is 6. The van der Waals surface area contributed by atoms with E-state index in [-0.39, 0.29) is 56.7 Å². The van der Waals surface area contributed by atoms with E-state index in [4.69, 9.17) is 23.7 Å². The first-order valence-electron chi connectivity index (χ1n) is 14.8. The zero-order chi connectivity index (χ0) is 32.5. The summed E-state index contributed by atoms with van der Waals surface area (Å²) in [5.74, 6) is -2.33. The van der Waals surface area contributed by atoms with E-state index in [2.05, 4.69) is 10.6 Å². The predicted octanol–water partition coefficient (Wildman–Crippen LogP) is 1.63. The smallest absolute Gasteiger partial charge is 0.407 e. The quantitative estimate of drug-likeness (QED) is 0.255. The number of rotatable bonds is 12. The van der Waals surface area contributed by atoms with Gasteiger partial charge in [-0.25, -0.2) is 14.4 Å². The van der Waals surface area contributed by atoms with E-state index in [1.807, 2.05) is 18.2 Å². The van der Waals surface area contributed by atoms with Crippen LogP contribution >= 0.6 is 0 Å². The van der Waals surface area contributed by atoms with Crippen LogP contribution in [0.2, 0.25) is 0 Å². The number of hydrogen-bond donors (Lipinski definition) is 2. The molecule has 3 rings (SSSR count). The first kappa shape index (κ1) is 36.0. The number of likely N-dealkylation sites (tertiary alicyclic amines) is 1. The normalized spacial score (nSPS) is 20.4. The van der Waals surface area contributed by atoms with Crippen LogP contribution in [0.3, 0.4) is 0 Å². The van der Waals surface area contributed by atoms with Gasteiger partial charge in [0.05, 0.1) is 26.4 Å². The van der Waals surface area contributed by atoms with E-state index >= 15 is 0 Å². The third-order valence-corrected chi connectivity index (χ3v) is 6.68. The first-order valence-corrected chi connectivity index (χ1v) is 14.8. The third-order valence-electron chi connectivity index (χ3n) is 6.68. The number of nitrogens with zero attached hydrogens (tertiary/aromatic N) is 1. The van der Waals surface area contributed by atoms with Crippen molar-refractivity contribution in [3.63, 3.8) is 0 Å². The second-order valence-corrected chi connectivity index (χ2v) is 9.68. The maximum Gasteiger partial charge on any atom is 0.407 e. The SMILES string of the molecule is CCOC(=O)C1CCC(C(=O)OCC)N1.CCOC(=O)C1CCC(C(=O)OCC)N1C(=O)CNC(=O)OCc1ccccc1. The molecule has 0 aliphatic carbocycles. The molecule has 44 heavy (non-hydrogen) atoms. The maximum atomic E-state index is 12.7. The summed E-state index contributed by atoms with van der Waals surface area (Å²) in [6.45, 7) is 7.52. The molecule has 4 unspecified atom stereocenters. The number of carbonyl (C=O) groups excluding carboxylic acids is 6. The van der Waals surface area contributed by atoms with Gasteiger partial charge in [-0.2, -0.15) is 0 Å². The molecule has 0 spiro atoms. The monoisotopic (exact) mass is 621 g/mol. The molecule has 2 aliphatic rings. The number of hydrogen-bond acceptors (Lipinski definition) is 12. The van der Waals surface area contributed by atoms with Crippen molar-refractivity contribution in [2.45, 2.75) is 84.2 Å². The molecule has 1 aromatic carbocycles. The number of alkyl carbamates (subject to hydrolysis) is 1. The average molecular weight is 622 g/mol. The van der Waals surface area contributed by atoms with E-state index in [9.17, 15) is 28.8 Å². The van der Waals surface area contributed by atoms with Crippen molar-refractivity contribution in [2.24, 2.45) is 0 Å². The van der Waals surface area contributed by atoms with Gasteiger partial charge in [0, 0.05) is 0 Å². The van der Waals surface area contributed by atoms with Gasteiger partial charge in [0.15, 0.2) is 0 Å². The zero-order valence-electron chi connectivity index (χ0n) is 25.7. The van der Waals surface area contributed by atoms with Crippen LogP contribution in [0.1, 0.15) is 58.9 Å². The van der Waals surface area contributed by atoms with E-state index in [1.165, 1.54) is 0 Å². The molecular weight excluding hydrogens is 578 g/mol. The van der Waals surface area contributed by atoms with Crippen LogP contribution < -0.4 is 10.6 Å². The Morgan fingerprint density at radius 2 is 1.14 bits per heavy atom. The molecule has 2 saturated heterocycles. The van der Waals surface area contributed by atoms with Crippen molar-refractivity contribution in [1.29, 1.82) is 0 Å². The summed E-state index contributed by atoms with van der Waals surface area (Å²) < 4.78 is 24.8. The molecule has 0 saturated carbocycles. The van der Waals surface area contributed by atoms with Crippen molar-refractivity contribution in [3.05, 3.63) is 35.9 Å². The molecule has 14 heteroatoms. The highest BCUT2D eigenvalue weighted by molar-refractivity contribution is 5.92. The van der Waals surface area contributed by atoms with E-state index < -0.39 is 42.6 Å². The summed E-state index contributed by atoms with van der Waals surface area (Å²) >= 11 is 0. The van der Waals surface area contributed by atoms with Gasteiger partial charge in [-0.1, -0.05) is 30.3 Å². The van der Waals surface area contributed by atoms with Gasteiger partial charge in [0.1, 0.15) is 37.3 Å². The molecule has 2 aliphatic heterocycles. The molecule has 0 aromatic heterocycles. The van der Waals surface area contributed by atoms with Crippen molar-refractivity contribution in [1.82, 2.24) is 15.5 Å². The van der Waals surface area contributed by atoms with Crippen LogP contribution in [-0.4, -0.2) is 97.9 Å². The van der Waals surface area contributed by atoms with Gasteiger partial charge in [0.25, 0.3) is 0 Å². The summed E-state index contributed by atoms with van der Waals surface area (Å²) in [7, 11) is 0. The lowest BCUT2D eigenvalue weighted by molar-refractivity contribution is -0.159. The fraction of sp³-hybridized carbons (Fsp3) is 0.600. The van der Waals surface area contributed by atoms with Gasteiger partial charge in [0.2, 0.25) is 5.91 Å². The third kappa shape index (κ3) is 11.1. The molecule has 0 bridgehead atoms. The summed E-state index contributed by atoms with van der Waals surface area (Å²) in [6, 6.07) is 6.58. The van der Waals surface area contributed by atoms with Crippen molar-refractivity contribution >= 4 is 35.9 Å². The van der Waals surface area contributed by atoms with Gasteiger partial charge in [-0.3, -0.25) is 19.7 Å². The molecule has 4 atom stereocenters. The van der Waals surface area contributed by atoms with Crippen molar-refractivity contribution in [2.75, 3.05) is 33.0 Å². The number of ether oxygens (including phenoxy) is 5. The minimum Gasteiger partial charge on any atom is -0.465 e. The molecular formula is C30H43N3O11. The first-order chi connectivity index (χ1) is 21.2. The molecule has 1 aromatic rings. The Morgan fingerprint density at radius 1 is 0.682 bits per heavy atom. The molecule has 2 fully saturated rings. The van der Waals surface area contributed by atoms with Gasteiger partial charge in [-0.15, -0.1) is 0 Å². The largest absolute Gasteiger partial charge is 0.465 e. The lowest BCUT2D eigenvalue weighted by Gasteiger charge is -2.28. The minimum atomic E-state index is -0.890. The fourth-order valence-corrected chi connectivity index (χ4v) is 4.71. The Kier molecular flexibility index (Phi) is 15.7. The van der Waals surface area contributed by atoms with E-state index in [0.29, 0.717) is 26.1 Å². The molecule has 0 radical (unpaired) electrons. The van der Waals surface area contributed by atoms with Crippen molar-refractivity contribution in [3.8, 4) is 0 Å². The topological polar surface area (TPSA) is 176 Å². The highest BCUT2D eigenvalue weighted by atomic mass is 16.6. The highest BCUT2D eigenvalue weighted by Crippen LogP contribution is 2.26. The molecule has 14 nitrogen and oxygen atoms in total. The predicted molar refractivity (Wildman–Crippen MR) is 155 cm³/mol. The Morgan fingerprint density at radius 3 is 1.59 bits per heavy atom. The summed E-state index contributed by atoms with van der Waals surface area (Å²) in [6.07, 6.45) is 1.05. The molecule has 2 heterocycles. The Labute approximate surface area is 257 Å². The highest BCUT2D eigenvalue weighted by Gasteiger charge is 2.45. The van der Waals surface area contributed by atoms with Crippen LogP contribution in [0.25, 0.3) is 0 Å². The molecule has 2 amide bonds. The Hall–Kier alpha value is -4.20. The van der Waals surface area contributed by atoms with Crippen LogP contribution in [0.4, 0.5) is 4.79 Å². The Bertz CT molecular complexity index is 1060. The lowest BCUT2D eigenvalue weighted by atomic mass is 10.2. The summed E-state index contributed by atoms with van der Waals surface area (Å²) in [5, 5.41) is 5.27. The maximum absolute atomic E-state index is 12.7. The number of amides is 2.